The van der Waals surface area contributed by atoms with Crippen molar-refractivity contribution in [3.8, 4) is 6.07 Å². The summed E-state index contributed by atoms with van der Waals surface area (Å²) in [4.78, 5) is 0. The fourth-order valence-corrected chi connectivity index (χ4v) is 2.06. The number of hydrogen-bond acceptors (Lipinski definition) is 3. The third-order valence-electron chi connectivity index (χ3n) is 3.45. The van der Waals surface area contributed by atoms with Gasteiger partial charge in [-0.3, -0.25) is 0 Å². The molecule has 1 saturated carbocycles. The van der Waals surface area contributed by atoms with Gasteiger partial charge >= 0.3 is 0 Å². The lowest BCUT2D eigenvalue weighted by Crippen LogP contribution is -2.33. The van der Waals surface area contributed by atoms with Crippen molar-refractivity contribution in [1.82, 2.24) is 0 Å². The normalized spacial score (nSPS) is 17.2. The molecule has 1 aliphatic rings. The average Bonchev–Trinajstić information content (AvgIpc) is 2.25. The first-order valence-electron chi connectivity index (χ1n) is 5.66. The highest BCUT2D eigenvalue weighted by molar-refractivity contribution is 5.68. The maximum atomic E-state index is 8.73. The number of nitriles is 1. The van der Waals surface area contributed by atoms with Crippen LogP contribution in [-0.2, 0) is 0 Å². The van der Waals surface area contributed by atoms with E-state index < -0.39 is 0 Å². The maximum Gasteiger partial charge on any atom is 0.0992 e. The van der Waals surface area contributed by atoms with Gasteiger partial charge in [0.1, 0.15) is 0 Å². The molecule has 3 N–H and O–H groups in total. The van der Waals surface area contributed by atoms with Crippen molar-refractivity contribution in [1.29, 1.82) is 5.26 Å². The SMILES string of the molecule is CC1(CNc2ccc(C#N)cc2N)CCC1. The molecule has 1 fully saturated rings. The molecular formula is C13H17N3. The minimum absolute atomic E-state index is 0.431. The van der Waals surface area contributed by atoms with E-state index in [0.717, 1.165) is 12.2 Å². The van der Waals surface area contributed by atoms with Crippen LogP contribution < -0.4 is 11.1 Å². The predicted octanol–water partition coefficient (Wildman–Crippen LogP) is 2.74. The molecule has 0 amide bonds. The van der Waals surface area contributed by atoms with Crippen molar-refractivity contribution in [2.24, 2.45) is 5.41 Å². The summed E-state index contributed by atoms with van der Waals surface area (Å²) in [5.41, 5.74) is 8.50. The van der Waals surface area contributed by atoms with Crippen LogP contribution in [0.25, 0.3) is 0 Å². The largest absolute Gasteiger partial charge is 0.397 e. The van der Waals surface area contributed by atoms with Gasteiger partial charge in [-0.15, -0.1) is 0 Å². The summed E-state index contributed by atoms with van der Waals surface area (Å²) in [6, 6.07) is 7.47. The van der Waals surface area contributed by atoms with Gasteiger partial charge in [-0.1, -0.05) is 13.3 Å². The van der Waals surface area contributed by atoms with Crippen LogP contribution in [0.2, 0.25) is 0 Å². The number of nitrogens with zero attached hydrogens (tertiary/aromatic N) is 1. The molecule has 0 saturated heterocycles. The monoisotopic (exact) mass is 215 g/mol. The van der Waals surface area contributed by atoms with Crippen LogP contribution in [-0.4, -0.2) is 6.54 Å². The lowest BCUT2D eigenvalue weighted by atomic mass is 9.70. The number of rotatable bonds is 3. The van der Waals surface area contributed by atoms with Gasteiger partial charge in [-0.2, -0.15) is 5.26 Å². The standard InChI is InChI=1S/C13H17N3/c1-13(5-2-6-13)9-16-12-4-3-10(8-14)7-11(12)15/h3-4,7,16H,2,5-6,9,15H2,1H3. The number of nitrogens with two attached hydrogens (primary N) is 1. The average molecular weight is 215 g/mol. The van der Waals surface area contributed by atoms with E-state index in [1.165, 1.54) is 19.3 Å². The van der Waals surface area contributed by atoms with Crippen molar-refractivity contribution in [3.63, 3.8) is 0 Å². The lowest BCUT2D eigenvalue weighted by Gasteiger charge is -2.38. The Balaban J connectivity index is 2.02. The molecule has 0 aromatic heterocycles. The zero-order valence-corrected chi connectivity index (χ0v) is 9.59. The van der Waals surface area contributed by atoms with E-state index in [1.807, 2.05) is 6.07 Å². The van der Waals surface area contributed by atoms with Gasteiger partial charge < -0.3 is 11.1 Å². The second-order valence-corrected chi connectivity index (χ2v) is 4.93. The van der Waals surface area contributed by atoms with Crippen molar-refractivity contribution >= 4 is 11.4 Å². The molecule has 0 aliphatic heterocycles. The molecular weight excluding hydrogens is 198 g/mol. The molecule has 1 aromatic carbocycles. The Hall–Kier alpha value is -1.69. The summed E-state index contributed by atoms with van der Waals surface area (Å²) < 4.78 is 0. The number of nitrogens with one attached hydrogen (secondary N) is 1. The quantitative estimate of drug-likeness (QED) is 0.762. The summed E-state index contributed by atoms with van der Waals surface area (Å²) in [5.74, 6) is 0. The molecule has 0 spiro atoms. The number of anilines is 2. The molecule has 1 aromatic rings. The van der Waals surface area contributed by atoms with E-state index in [1.54, 1.807) is 12.1 Å². The second-order valence-electron chi connectivity index (χ2n) is 4.93. The first-order chi connectivity index (χ1) is 7.63. The third kappa shape index (κ3) is 2.11. The summed E-state index contributed by atoms with van der Waals surface area (Å²) in [6.45, 7) is 3.26. The van der Waals surface area contributed by atoms with E-state index in [9.17, 15) is 0 Å². The van der Waals surface area contributed by atoms with E-state index in [2.05, 4.69) is 18.3 Å². The molecule has 0 atom stereocenters. The number of nitrogen functional groups attached to an aromatic ring is 1. The van der Waals surface area contributed by atoms with Crippen LogP contribution in [0.1, 0.15) is 31.7 Å². The summed E-state index contributed by atoms with van der Waals surface area (Å²) in [6.07, 6.45) is 3.91. The zero-order chi connectivity index (χ0) is 11.6. The molecule has 0 heterocycles. The predicted molar refractivity (Wildman–Crippen MR) is 66.0 cm³/mol. The Morgan fingerprint density at radius 3 is 2.75 bits per heavy atom. The minimum atomic E-state index is 0.431. The zero-order valence-electron chi connectivity index (χ0n) is 9.59. The Labute approximate surface area is 96.3 Å². The van der Waals surface area contributed by atoms with Crippen LogP contribution in [0.15, 0.2) is 18.2 Å². The van der Waals surface area contributed by atoms with Gasteiger partial charge in [0.2, 0.25) is 0 Å². The first-order valence-corrected chi connectivity index (χ1v) is 5.66. The van der Waals surface area contributed by atoms with Gasteiger partial charge in [0, 0.05) is 6.54 Å². The van der Waals surface area contributed by atoms with Gasteiger partial charge in [0.05, 0.1) is 23.0 Å². The highest BCUT2D eigenvalue weighted by atomic mass is 14.9. The van der Waals surface area contributed by atoms with Crippen LogP contribution in [0.3, 0.4) is 0 Å². The molecule has 0 bridgehead atoms. The first kappa shape index (κ1) is 10.8. The molecule has 3 nitrogen and oxygen atoms in total. The van der Waals surface area contributed by atoms with Crippen LogP contribution in [0.5, 0.6) is 0 Å². The minimum Gasteiger partial charge on any atom is -0.397 e. The molecule has 84 valence electrons. The van der Waals surface area contributed by atoms with Gasteiger partial charge in [0.15, 0.2) is 0 Å². The summed E-state index contributed by atoms with van der Waals surface area (Å²) >= 11 is 0. The van der Waals surface area contributed by atoms with Gasteiger partial charge in [-0.25, -0.2) is 0 Å². The Morgan fingerprint density at radius 1 is 1.50 bits per heavy atom. The van der Waals surface area contributed by atoms with Crippen LogP contribution in [0.4, 0.5) is 11.4 Å². The molecule has 2 rings (SSSR count). The van der Waals surface area contributed by atoms with Gasteiger partial charge in [-0.05, 0) is 36.5 Å². The van der Waals surface area contributed by atoms with E-state index in [4.69, 9.17) is 11.0 Å². The van der Waals surface area contributed by atoms with E-state index >= 15 is 0 Å². The maximum absolute atomic E-state index is 8.73. The molecule has 0 radical (unpaired) electrons. The highest BCUT2D eigenvalue weighted by Gasteiger charge is 2.31. The highest BCUT2D eigenvalue weighted by Crippen LogP contribution is 2.40. The summed E-state index contributed by atoms with van der Waals surface area (Å²) in [5, 5.41) is 12.1. The van der Waals surface area contributed by atoms with E-state index in [-0.39, 0.29) is 0 Å². The number of hydrogen-bond donors (Lipinski definition) is 2. The topological polar surface area (TPSA) is 61.8 Å². The lowest BCUT2D eigenvalue weighted by molar-refractivity contribution is 0.180. The molecule has 1 aliphatic carbocycles. The second kappa shape index (κ2) is 4.05. The van der Waals surface area contributed by atoms with Crippen molar-refractivity contribution in [2.45, 2.75) is 26.2 Å². The number of benzene rings is 1. The van der Waals surface area contributed by atoms with Crippen molar-refractivity contribution in [3.05, 3.63) is 23.8 Å². The van der Waals surface area contributed by atoms with Gasteiger partial charge in [0.25, 0.3) is 0 Å². The van der Waals surface area contributed by atoms with Crippen molar-refractivity contribution < 1.29 is 0 Å². The smallest absolute Gasteiger partial charge is 0.0992 e. The fourth-order valence-electron chi connectivity index (χ4n) is 2.06. The molecule has 16 heavy (non-hydrogen) atoms. The summed E-state index contributed by atoms with van der Waals surface area (Å²) in [7, 11) is 0. The Bertz CT molecular complexity index is 427. The fraction of sp³-hybridized carbons (Fsp3) is 0.462. The molecule has 0 unspecified atom stereocenters. The van der Waals surface area contributed by atoms with Crippen molar-refractivity contribution in [2.75, 3.05) is 17.6 Å². The molecule has 3 heteroatoms. The Morgan fingerprint density at radius 2 is 2.25 bits per heavy atom. The Kier molecular flexibility index (Phi) is 2.74. The van der Waals surface area contributed by atoms with Crippen LogP contribution in [0, 0.1) is 16.7 Å². The van der Waals surface area contributed by atoms with Crippen LogP contribution >= 0.6 is 0 Å². The third-order valence-corrected chi connectivity index (χ3v) is 3.45. The van der Waals surface area contributed by atoms with E-state index in [0.29, 0.717) is 16.7 Å².